The average molecular weight is 255 g/mol. The van der Waals surface area contributed by atoms with Crippen molar-refractivity contribution in [3.63, 3.8) is 0 Å². The summed E-state index contributed by atoms with van der Waals surface area (Å²) in [6.45, 7) is 0.527. The molecule has 0 amide bonds. The first-order valence-electron chi connectivity index (χ1n) is 6.19. The number of carboxylic acids is 1. The van der Waals surface area contributed by atoms with E-state index in [9.17, 15) is 9.90 Å². The molecule has 0 aliphatic heterocycles. The second kappa shape index (κ2) is 6.59. The lowest BCUT2D eigenvalue weighted by molar-refractivity contribution is -0.305. The van der Waals surface area contributed by atoms with Gasteiger partial charge >= 0.3 is 0 Å². The van der Waals surface area contributed by atoms with E-state index in [0.29, 0.717) is 13.0 Å². The maximum absolute atomic E-state index is 10.4. The van der Waals surface area contributed by atoms with E-state index >= 15 is 0 Å². The fourth-order valence-electron chi connectivity index (χ4n) is 1.74. The summed E-state index contributed by atoms with van der Waals surface area (Å²) in [6.07, 6.45) is 0.533. The van der Waals surface area contributed by atoms with Crippen molar-refractivity contribution >= 4 is 5.97 Å². The van der Waals surface area contributed by atoms with Crippen molar-refractivity contribution in [2.45, 2.75) is 19.4 Å². The minimum absolute atomic E-state index is 0.0459. The van der Waals surface area contributed by atoms with Gasteiger partial charge < -0.3 is 14.6 Å². The molecule has 0 atom stereocenters. The monoisotopic (exact) mass is 255 g/mol. The van der Waals surface area contributed by atoms with Crippen molar-refractivity contribution < 1.29 is 14.6 Å². The summed E-state index contributed by atoms with van der Waals surface area (Å²) < 4.78 is 5.64. The van der Waals surface area contributed by atoms with Crippen LogP contribution in [0.2, 0.25) is 0 Å². The molecule has 98 valence electrons. The Morgan fingerprint density at radius 2 is 1.63 bits per heavy atom. The molecule has 2 aromatic rings. The molecule has 0 spiro atoms. The zero-order valence-corrected chi connectivity index (χ0v) is 10.5. The number of hydrogen-bond donors (Lipinski definition) is 0. The molecule has 0 aliphatic rings. The van der Waals surface area contributed by atoms with Crippen LogP contribution in [0.15, 0.2) is 54.6 Å². The first kappa shape index (κ1) is 13.1. The summed E-state index contributed by atoms with van der Waals surface area (Å²) in [6, 6.07) is 17.4. The van der Waals surface area contributed by atoms with Gasteiger partial charge in [-0.25, -0.2) is 0 Å². The van der Waals surface area contributed by atoms with Crippen LogP contribution in [-0.2, 0) is 17.8 Å². The van der Waals surface area contributed by atoms with E-state index in [1.54, 1.807) is 0 Å². The quantitative estimate of drug-likeness (QED) is 0.792. The third kappa shape index (κ3) is 4.47. The van der Waals surface area contributed by atoms with E-state index in [4.69, 9.17) is 4.74 Å². The van der Waals surface area contributed by atoms with Crippen LogP contribution in [0.1, 0.15) is 17.5 Å². The normalized spacial score (nSPS) is 10.1. The lowest BCUT2D eigenvalue weighted by Crippen LogP contribution is -2.22. The number of benzene rings is 2. The maximum atomic E-state index is 10.4. The molecular formula is C16H15O3-. The molecule has 2 rings (SSSR count). The maximum Gasteiger partial charge on any atom is 0.119 e. The molecule has 0 heterocycles. The minimum Gasteiger partial charge on any atom is -0.550 e. The Hall–Kier alpha value is -2.29. The molecule has 3 nitrogen and oxygen atoms in total. The molecule has 0 fully saturated rings. The number of aliphatic carboxylic acids is 1. The van der Waals surface area contributed by atoms with E-state index < -0.39 is 5.97 Å². The van der Waals surface area contributed by atoms with Crippen molar-refractivity contribution in [3.05, 3.63) is 65.7 Å². The fourth-order valence-corrected chi connectivity index (χ4v) is 1.74. The van der Waals surface area contributed by atoms with Crippen LogP contribution >= 0.6 is 0 Å². The largest absolute Gasteiger partial charge is 0.550 e. The third-order valence-electron chi connectivity index (χ3n) is 2.79. The highest BCUT2D eigenvalue weighted by Crippen LogP contribution is 2.15. The number of ether oxygens (including phenoxy) is 1. The average Bonchev–Trinajstić information content (AvgIpc) is 2.45. The van der Waals surface area contributed by atoms with Crippen molar-refractivity contribution in [2.75, 3.05) is 0 Å². The lowest BCUT2D eigenvalue weighted by atomic mass is 10.1. The number of carbonyl (C=O) groups is 1. The molecule has 19 heavy (non-hydrogen) atoms. The van der Waals surface area contributed by atoms with Gasteiger partial charge in [-0.1, -0.05) is 42.5 Å². The Bertz CT molecular complexity index is 517. The van der Waals surface area contributed by atoms with Gasteiger partial charge in [0.1, 0.15) is 12.4 Å². The Labute approximate surface area is 112 Å². The van der Waals surface area contributed by atoms with Crippen LogP contribution in [0.4, 0.5) is 0 Å². The van der Waals surface area contributed by atoms with E-state index in [-0.39, 0.29) is 6.42 Å². The Balaban J connectivity index is 1.86. The standard InChI is InChI=1S/C16H16O3/c17-16(18)11-8-13-6-9-15(10-7-13)19-12-14-4-2-1-3-5-14/h1-7,9-10H,8,11-12H2,(H,17,18)/p-1. The highest BCUT2D eigenvalue weighted by Gasteiger charge is 1.97. The minimum atomic E-state index is -1.02. The van der Waals surface area contributed by atoms with Gasteiger partial charge in [0, 0.05) is 5.97 Å². The van der Waals surface area contributed by atoms with Crippen molar-refractivity contribution in [1.82, 2.24) is 0 Å². The molecule has 2 aromatic carbocycles. The zero-order valence-electron chi connectivity index (χ0n) is 10.5. The molecule has 0 radical (unpaired) electrons. The van der Waals surface area contributed by atoms with Crippen LogP contribution < -0.4 is 9.84 Å². The Morgan fingerprint density at radius 1 is 0.947 bits per heavy atom. The first-order valence-corrected chi connectivity index (χ1v) is 6.19. The van der Waals surface area contributed by atoms with E-state index in [1.807, 2.05) is 54.6 Å². The molecule has 0 aromatic heterocycles. The van der Waals surface area contributed by atoms with Crippen LogP contribution in [-0.4, -0.2) is 5.97 Å². The SMILES string of the molecule is O=C([O-])CCc1ccc(OCc2ccccc2)cc1. The van der Waals surface area contributed by atoms with Crippen molar-refractivity contribution in [3.8, 4) is 5.75 Å². The van der Waals surface area contributed by atoms with Gasteiger partial charge in [-0.15, -0.1) is 0 Å². The highest BCUT2D eigenvalue weighted by molar-refractivity contribution is 5.64. The fraction of sp³-hybridized carbons (Fsp3) is 0.188. The summed E-state index contributed by atoms with van der Waals surface area (Å²) in [5, 5.41) is 10.4. The molecule has 0 bridgehead atoms. The Kier molecular flexibility index (Phi) is 4.56. The first-order chi connectivity index (χ1) is 9.24. The molecule has 3 heteroatoms. The van der Waals surface area contributed by atoms with Crippen LogP contribution in [0.5, 0.6) is 5.75 Å². The summed E-state index contributed by atoms with van der Waals surface area (Å²) in [7, 11) is 0. The topological polar surface area (TPSA) is 49.4 Å². The summed E-state index contributed by atoms with van der Waals surface area (Å²) in [4.78, 5) is 10.4. The van der Waals surface area contributed by atoms with Crippen molar-refractivity contribution in [2.24, 2.45) is 0 Å². The van der Waals surface area contributed by atoms with E-state index in [2.05, 4.69) is 0 Å². The van der Waals surface area contributed by atoms with Crippen LogP contribution in [0, 0.1) is 0 Å². The predicted octanol–water partition coefficient (Wildman–Crippen LogP) is 1.95. The lowest BCUT2D eigenvalue weighted by Gasteiger charge is -2.07. The Morgan fingerprint density at radius 3 is 2.26 bits per heavy atom. The predicted molar refractivity (Wildman–Crippen MR) is 70.5 cm³/mol. The number of carboxylic acid groups (broad SMARTS) is 1. The molecule has 0 aliphatic carbocycles. The van der Waals surface area contributed by atoms with Gasteiger partial charge in [-0.3, -0.25) is 0 Å². The summed E-state index contributed by atoms with van der Waals surface area (Å²) >= 11 is 0. The number of carbonyl (C=O) groups excluding carboxylic acids is 1. The number of aryl methyl sites for hydroxylation is 1. The summed E-state index contributed by atoms with van der Waals surface area (Å²) in [5.74, 6) is -0.245. The highest BCUT2D eigenvalue weighted by atomic mass is 16.5. The van der Waals surface area contributed by atoms with Crippen LogP contribution in [0.25, 0.3) is 0 Å². The van der Waals surface area contributed by atoms with Gasteiger partial charge in [0.25, 0.3) is 0 Å². The second-order valence-corrected chi connectivity index (χ2v) is 4.29. The molecule has 0 saturated heterocycles. The van der Waals surface area contributed by atoms with Gasteiger partial charge in [0.2, 0.25) is 0 Å². The molecule has 0 saturated carbocycles. The van der Waals surface area contributed by atoms with E-state index in [0.717, 1.165) is 16.9 Å². The number of rotatable bonds is 6. The number of hydrogen-bond acceptors (Lipinski definition) is 3. The van der Waals surface area contributed by atoms with Gasteiger partial charge in [0.05, 0.1) is 0 Å². The van der Waals surface area contributed by atoms with Gasteiger partial charge in [0.15, 0.2) is 0 Å². The second-order valence-electron chi connectivity index (χ2n) is 4.29. The zero-order chi connectivity index (χ0) is 13.5. The molecule has 0 unspecified atom stereocenters. The van der Waals surface area contributed by atoms with Gasteiger partial charge in [-0.05, 0) is 36.1 Å². The van der Waals surface area contributed by atoms with Crippen LogP contribution in [0.3, 0.4) is 0 Å². The molecule has 0 N–H and O–H groups in total. The van der Waals surface area contributed by atoms with Crippen molar-refractivity contribution in [1.29, 1.82) is 0 Å². The summed E-state index contributed by atoms with van der Waals surface area (Å²) in [5.41, 5.74) is 2.08. The van der Waals surface area contributed by atoms with E-state index in [1.165, 1.54) is 0 Å². The van der Waals surface area contributed by atoms with Gasteiger partial charge in [-0.2, -0.15) is 0 Å². The third-order valence-corrected chi connectivity index (χ3v) is 2.79. The molecular weight excluding hydrogens is 240 g/mol. The smallest absolute Gasteiger partial charge is 0.119 e.